The van der Waals surface area contributed by atoms with Crippen molar-refractivity contribution >= 4 is 23.6 Å². The molecule has 1 saturated heterocycles. The van der Waals surface area contributed by atoms with Crippen molar-refractivity contribution in [1.82, 2.24) is 20.3 Å². The van der Waals surface area contributed by atoms with Gasteiger partial charge in [0.25, 0.3) is 5.91 Å². The van der Waals surface area contributed by atoms with Gasteiger partial charge in [-0.25, -0.2) is 0 Å². The van der Waals surface area contributed by atoms with Gasteiger partial charge in [0.1, 0.15) is 0 Å². The van der Waals surface area contributed by atoms with E-state index in [4.69, 9.17) is 4.74 Å². The molecule has 148 valence electrons. The molecular weight excluding hydrogens is 360 g/mol. The molecule has 9 heteroatoms. The summed E-state index contributed by atoms with van der Waals surface area (Å²) in [6.45, 7) is 4.35. The van der Waals surface area contributed by atoms with E-state index in [9.17, 15) is 9.59 Å². The van der Waals surface area contributed by atoms with Gasteiger partial charge in [0, 0.05) is 38.3 Å². The molecule has 0 aliphatic carbocycles. The van der Waals surface area contributed by atoms with Crippen LogP contribution in [0.5, 0.6) is 0 Å². The van der Waals surface area contributed by atoms with Crippen molar-refractivity contribution < 1.29 is 14.3 Å². The molecular formula is C19H24N6O3. The minimum Gasteiger partial charge on any atom is -0.378 e. The van der Waals surface area contributed by atoms with Crippen molar-refractivity contribution in [2.75, 3.05) is 50.2 Å². The second-order valence-electron chi connectivity index (χ2n) is 6.66. The van der Waals surface area contributed by atoms with E-state index >= 15 is 0 Å². The van der Waals surface area contributed by atoms with Crippen molar-refractivity contribution in [1.29, 1.82) is 0 Å². The number of hydrogen-bond acceptors (Lipinski definition) is 8. The van der Waals surface area contributed by atoms with E-state index in [-0.39, 0.29) is 18.2 Å². The standard InChI is InChI=1S/C19H24N6O3/c1-13(26)14-4-6-15(7-5-14)17(27)20-12-16-21-18(24(2)3)23-19(22-16)25-8-10-28-11-9-25/h4-7H,8-12H2,1-3H3,(H,20,27). The van der Waals surface area contributed by atoms with Gasteiger partial charge >= 0.3 is 0 Å². The van der Waals surface area contributed by atoms with Gasteiger partial charge in [-0.05, 0) is 19.1 Å². The first-order valence-electron chi connectivity index (χ1n) is 9.08. The van der Waals surface area contributed by atoms with Crippen molar-refractivity contribution in [3.8, 4) is 0 Å². The van der Waals surface area contributed by atoms with Gasteiger partial charge in [-0.3, -0.25) is 9.59 Å². The van der Waals surface area contributed by atoms with Crippen LogP contribution < -0.4 is 15.1 Å². The topological polar surface area (TPSA) is 101 Å². The van der Waals surface area contributed by atoms with E-state index in [1.165, 1.54) is 6.92 Å². The highest BCUT2D eigenvalue weighted by Crippen LogP contribution is 2.14. The smallest absolute Gasteiger partial charge is 0.251 e. The molecule has 0 spiro atoms. The Kier molecular flexibility index (Phi) is 6.15. The minimum atomic E-state index is -0.255. The zero-order valence-electron chi connectivity index (χ0n) is 16.3. The maximum absolute atomic E-state index is 12.4. The van der Waals surface area contributed by atoms with Crippen LogP contribution in [0.25, 0.3) is 0 Å². The number of hydrogen-bond donors (Lipinski definition) is 1. The first-order chi connectivity index (χ1) is 13.4. The Balaban J connectivity index is 1.72. The predicted molar refractivity (Wildman–Crippen MR) is 105 cm³/mol. The van der Waals surface area contributed by atoms with Crippen molar-refractivity contribution in [3.63, 3.8) is 0 Å². The Hall–Kier alpha value is -3.07. The summed E-state index contributed by atoms with van der Waals surface area (Å²) in [6.07, 6.45) is 0. The maximum atomic E-state index is 12.4. The third-order valence-corrected chi connectivity index (χ3v) is 4.31. The molecule has 0 saturated carbocycles. The van der Waals surface area contributed by atoms with Crippen LogP contribution in [0.15, 0.2) is 24.3 Å². The molecule has 28 heavy (non-hydrogen) atoms. The third-order valence-electron chi connectivity index (χ3n) is 4.31. The monoisotopic (exact) mass is 384 g/mol. The number of ketones is 1. The van der Waals surface area contributed by atoms with E-state index in [2.05, 4.69) is 20.3 Å². The molecule has 3 rings (SSSR count). The molecule has 2 heterocycles. The number of benzene rings is 1. The third kappa shape index (κ3) is 4.80. The van der Waals surface area contributed by atoms with Crippen LogP contribution in [0.1, 0.15) is 33.5 Å². The number of rotatable bonds is 6. The van der Waals surface area contributed by atoms with Crippen LogP contribution in [-0.2, 0) is 11.3 Å². The largest absolute Gasteiger partial charge is 0.378 e. The molecule has 9 nitrogen and oxygen atoms in total. The molecule has 0 radical (unpaired) electrons. The summed E-state index contributed by atoms with van der Waals surface area (Å²) in [5.41, 5.74) is 1.04. The number of morpholine rings is 1. The first kappa shape index (κ1) is 19.7. The molecule has 1 amide bonds. The summed E-state index contributed by atoms with van der Waals surface area (Å²) in [7, 11) is 3.72. The number of amides is 1. The molecule has 1 aliphatic rings. The molecule has 0 unspecified atom stereocenters. The Morgan fingerprint density at radius 2 is 1.71 bits per heavy atom. The highest BCUT2D eigenvalue weighted by molar-refractivity contribution is 5.97. The van der Waals surface area contributed by atoms with E-state index in [0.29, 0.717) is 55.2 Å². The number of Topliss-reactive ketones (excluding diaryl/α,β-unsaturated/α-hetero) is 1. The normalized spacial score (nSPS) is 13.9. The Labute approximate surface area is 163 Å². The summed E-state index contributed by atoms with van der Waals surface area (Å²) in [5, 5.41) is 2.82. The van der Waals surface area contributed by atoms with E-state index in [1.54, 1.807) is 29.2 Å². The second kappa shape index (κ2) is 8.75. The van der Waals surface area contributed by atoms with Crippen molar-refractivity contribution in [2.45, 2.75) is 13.5 Å². The van der Waals surface area contributed by atoms with Gasteiger partial charge in [0.2, 0.25) is 11.9 Å². The SMILES string of the molecule is CC(=O)c1ccc(C(=O)NCc2nc(N(C)C)nc(N3CCOCC3)n2)cc1. The van der Waals surface area contributed by atoms with Crippen molar-refractivity contribution in [2.24, 2.45) is 0 Å². The van der Waals surface area contributed by atoms with Crippen LogP contribution in [0.3, 0.4) is 0 Å². The van der Waals surface area contributed by atoms with Gasteiger partial charge in [-0.15, -0.1) is 0 Å². The minimum absolute atomic E-state index is 0.0380. The maximum Gasteiger partial charge on any atom is 0.251 e. The summed E-state index contributed by atoms with van der Waals surface area (Å²) in [6, 6.07) is 6.54. The van der Waals surface area contributed by atoms with Gasteiger partial charge in [-0.2, -0.15) is 15.0 Å². The highest BCUT2D eigenvalue weighted by atomic mass is 16.5. The van der Waals surface area contributed by atoms with E-state index < -0.39 is 0 Å². The first-order valence-corrected chi connectivity index (χ1v) is 9.08. The summed E-state index contributed by atoms with van der Waals surface area (Å²) in [4.78, 5) is 41.0. The summed E-state index contributed by atoms with van der Waals surface area (Å²) < 4.78 is 5.38. The lowest BCUT2D eigenvalue weighted by molar-refractivity contribution is 0.0947. The molecule has 1 aromatic heterocycles. The van der Waals surface area contributed by atoms with Crippen LogP contribution in [0, 0.1) is 0 Å². The molecule has 1 aromatic carbocycles. The van der Waals surface area contributed by atoms with Gasteiger partial charge < -0.3 is 19.9 Å². The zero-order valence-corrected chi connectivity index (χ0v) is 16.3. The number of anilines is 2. The van der Waals surface area contributed by atoms with Crippen LogP contribution in [0.2, 0.25) is 0 Å². The quantitative estimate of drug-likeness (QED) is 0.734. The number of aromatic nitrogens is 3. The predicted octanol–water partition coefficient (Wildman–Crippen LogP) is 0.907. The fourth-order valence-electron chi connectivity index (χ4n) is 2.70. The number of nitrogens with zero attached hydrogens (tertiary/aromatic N) is 5. The number of nitrogens with one attached hydrogen (secondary N) is 1. The van der Waals surface area contributed by atoms with Gasteiger partial charge in [0.15, 0.2) is 11.6 Å². The molecule has 2 aromatic rings. The molecule has 1 fully saturated rings. The average molecular weight is 384 g/mol. The second-order valence-corrected chi connectivity index (χ2v) is 6.66. The van der Waals surface area contributed by atoms with Gasteiger partial charge in [-0.1, -0.05) is 12.1 Å². The van der Waals surface area contributed by atoms with Crippen LogP contribution in [0.4, 0.5) is 11.9 Å². The van der Waals surface area contributed by atoms with Crippen molar-refractivity contribution in [3.05, 3.63) is 41.2 Å². The summed E-state index contributed by atoms with van der Waals surface area (Å²) in [5.74, 6) is 1.30. The van der Waals surface area contributed by atoms with E-state index in [0.717, 1.165) is 0 Å². The highest BCUT2D eigenvalue weighted by Gasteiger charge is 2.17. The summed E-state index contributed by atoms with van der Waals surface area (Å²) >= 11 is 0. The molecule has 0 atom stereocenters. The number of ether oxygens (including phenoxy) is 1. The number of carbonyl (C=O) groups excluding carboxylic acids is 2. The zero-order chi connectivity index (χ0) is 20.1. The van der Waals surface area contributed by atoms with Crippen LogP contribution >= 0.6 is 0 Å². The van der Waals surface area contributed by atoms with Gasteiger partial charge in [0.05, 0.1) is 19.8 Å². The molecule has 1 aliphatic heterocycles. The van der Waals surface area contributed by atoms with Crippen LogP contribution in [-0.4, -0.2) is 67.0 Å². The number of carbonyl (C=O) groups is 2. The molecule has 1 N–H and O–H groups in total. The Morgan fingerprint density at radius 1 is 1.07 bits per heavy atom. The lowest BCUT2D eigenvalue weighted by Gasteiger charge is -2.27. The van der Waals surface area contributed by atoms with E-state index in [1.807, 2.05) is 19.0 Å². The average Bonchev–Trinajstić information content (AvgIpc) is 2.72. The Morgan fingerprint density at radius 3 is 2.32 bits per heavy atom. The fourth-order valence-corrected chi connectivity index (χ4v) is 2.70. The molecule has 0 bridgehead atoms. The Bertz CT molecular complexity index is 847. The lowest BCUT2D eigenvalue weighted by Crippen LogP contribution is -2.38. The fraction of sp³-hybridized carbons (Fsp3) is 0.421. The lowest BCUT2D eigenvalue weighted by atomic mass is 10.1.